The van der Waals surface area contributed by atoms with Crippen molar-refractivity contribution in [3.05, 3.63) is 53.6 Å². The van der Waals surface area contributed by atoms with Crippen molar-refractivity contribution in [1.82, 2.24) is 10.2 Å². The Balaban J connectivity index is 1.52. The number of carbonyl (C=O) groups excluding carboxylic acids is 3. The maximum absolute atomic E-state index is 13.2. The highest BCUT2D eigenvalue weighted by Crippen LogP contribution is 2.39. The predicted molar refractivity (Wildman–Crippen MR) is 114 cm³/mol. The van der Waals surface area contributed by atoms with Crippen molar-refractivity contribution in [2.45, 2.75) is 31.3 Å². The third-order valence-corrected chi connectivity index (χ3v) is 5.80. The van der Waals surface area contributed by atoms with Gasteiger partial charge >= 0.3 is 0 Å². The van der Waals surface area contributed by atoms with Crippen molar-refractivity contribution in [2.24, 2.45) is 0 Å². The monoisotopic (exact) mass is 423 g/mol. The van der Waals surface area contributed by atoms with Crippen molar-refractivity contribution in [3.63, 3.8) is 0 Å². The van der Waals surface area contributed by atoms with Gasteiger partial charge in [0.25, 0.3) is 5.91 Å². The standard InChI is InChI=1S/C23H25N3O5/c1-30-14-9-10-16(20(12-14)31-2)19-8-5-11-26(19)21(27)13-18-23(29)24-17-7-4-3-6-15(17)22(28)25-18/h3-4,6-7,9-10,12,18-19H,5,8,11,13H2,1-2H3,(H,24,29)(H,25,28)/t18-,19?/m1/s1. The number of hydrogen-bond donors (Lipinski definition) is 2. The number of likely N-dealkylation sites (tertiary alicyclic amines) is 1. The summed E-state index contributed by atoms with van der Waals surface area (Å²) in [7, 11) is 3.17. The van der Waals surface area contributed by atoms with Crippen LogP contribution in [0.2, 0.25) is 0 Å². The van der Waals surface area contributed by atoms with E-state index in [-0.39, 0.29) is 24.3 Å². The van der Waals surface area contributed by atoms with E-state index >= 15 is 0 Å². The van der Waals surface area contributed by atoms with E-state index in [0.29, 0.717) is 29.3 Å². The topological polar surface area (TPSA) is 97.0 Å². The minimum Gasteiger partial charge on any atom is -0.497 e. The predicted octanol–water partition coefficient (Wildman–Crippen LogP) is 2.51. The zero-order valence-corrected chi connectivity index (χ0v) is 17.5. The van der Waals surface area contributed by atoms with E-state index in [0.717, 1.165) is 18.4 Å². The number of amides is 3. The van der Waals surface area contributed by atoms with Gasteiger partial charge in [-0.3, -0.25) is 14.4 Å². The lowest BCUT2D eigenvalue weighted by Crippen LogP contribution is -2.45. The maximum atomic E-state index is 13.2. The fourth-order valence-electron chi connectivity index (χ4n) is 4.23. The number of nitrogens with zero attached hydrogens (tertiary/aromatic N) is 1. The Morgan fingerprint density at radius 2 is 1.94 bits per heavy atom. The first-order valence-electron chi connectivity index (χ1n) is 10.2. The zero-order valence-electron chi connectivity index (χ0n) is 17.5. The van der Waals surface area contributed by atoms with Gasteiger partial charge in [0.15, 0.2) is 0 Å². The molecule has 1 saturated heterocycles. The number of anilines is 1. The van der Waals surface area contributed by atoms with Gasteiger partial charge in [-0.15, -0.1) is 0 Å². The van der Waals surface area contributed by atoms with Crippen LogP contribution in [0.15, 0.2) is 42.5 Å². The van der Waals surface area contributed by atoms with Crippen molar-refractivity contribution in [2.75, 3.05) is 26.1 Å². The molecule has 2 N–H and O–H groups in total. The van der Waals surface area contributed by atoms with Crippen molar-refractivity contribution in [1.29, 1.82) is 0 Å². The van der Waals surface area contributed by atoms with Crippen LogP contribution in [-0.4, -0.2) is 49.4 Å². The van der Waals surface area contributed by atoms with Crippen molar-refractivity contribution in [3.8, 4) is 11.5 Å². The third kappa shape index (κ3) is 4.05. The molecule has 0 bridgehead atoms. The molecule has 2 aliphatic rings. The van der Waals surface area contributed by atoms with Crippen LogP contribution in [0.4, 0.5) is 5.69 Å². The van der Waals surface area contributed by atoms with Crippen LogP contribution >= 0.6 is 0 Å². The molecular weight excluding hydrogens is 398 g/mol. The van der Waals surface area contributed by atoms with E-state index in [1.54, 1.807) is 49.5 Å². The van der Waals surface area contributed by atoms with Crippen LogP contribution in [0, 0.1) is 0 Å². The molecule has 2 aliphatic heterocycles. The van der Waals surface area contributed by atoms with Gasteiger partial charge in [0.2, 0.25) is 11.8 Å². The molecule has 2 atom stereocenters. The molecular formula is C23H25N3O5. The molecule has 0 aromatic heterocycles. The molecule has 3 amide bonds. The fourth-order valence-corrected chi connectivity index (χ4v) is 4.23. The zero-order chi connectivity index (χ0) is 22.0. The number of carbonyl (C=O) groups is 3. The van der Waals surface area contributed by atoms with Crippen LogP contribution in [0.3, 0.4) is 0 Å². The van der Waals surface area contributed by atoms with Gasteiger partial charge in [-0.2, -0.15) is 0 Å². The SMILES string of the molecule is COc1ccc(C2CCCN2C(=O)C[C@H]2NC(=O)c3ccccc3NC2=O)c(OC)c1. The first-order chi connectivity index (χ1) is 15.0. The number of ether oxygens (including phenoxy) is 2. The van der Waals surface area contributed by atoms with Crippen molar-refractivity contribution >= 4 is 23.4 Å². The largest absolute Gasteiger partial charge is 0.497 e. The lowest BCUT2D eigenvalue weighted by molar-refractivity contribution is -0.134. The van der Waals surface area contributed by atoms with Crippen LogP contribution in [0.1, 0.15) is 41.2 Å². The average molecular weight is 423 g/mol. The van der Waals surface area contributed by atoms with E-state index < -0.39 is 11.9 Å². The minimum atomic E-state index is -0.939. The molecule has 162 valence electrons. The van der Waals surface area contributed by atoms with Gasteiger partial charge in [-0.25, -0.2) is 0 Å². The Morgan fingerprint density at radius 3 is 2.71 bits per heavy atom. The van der Waals surface area contributed by atoms with Crippen LogP contribution in [0.5, 0.6) is 11.5 Å². The second kappa shape index (κ2) is 8.67. The summed E-state index contributed by atoms with van der Waals surface area (Å²) in [6, 6.07) is 11.2. The first-order valence-corrected chi connectivity index (χ1v) is 10.2. The maximum Gasteiger partial charge on any atom is 0.254 e. The van der Waals surface area contributed by atoms with Crippen LogP contribution < -0.4 is 20.1 Å². The summed E-state index contributed by atoms with van der Waals surface area (Å²) in [4.78, 5) is 40.2. The Kier molecular flexibility index (Phi) is 5.79. The third-order valence-electron chi connectivity index (χ3n) is 5.80. The minimum absolute atomic E-state index is 0.111. The van der Waals surface area contributed by atoms with Gasteiger partial charge in [0.05, 0.1) is 37.9 Å². The highest BCUT2D eigenvalue weighted by molar-refractivity contribution is 6.10. The Morgan fingerprint density at radius 1 is 1.13 bits per heavy atom. The number of benzene rings is 2. The van der Waals surface area contributed by atoms with E-state index in [1.807, 2.05) is 12.1 Å². The highest BCUT2D eigenvalue weighted by atomic mass is 16.5. The molecule has 2 aromatic rings. The first kappa shape index (κ1) is 20.7. The fraction of sp³-hybridized carbons (Fsp3) is 0.348. The summed E-state index contributed by atoms with van der Waals surface area (Å²) in [6.45, 7) is 0.585. The number of rotatable bonds is 5. The molecule has 0 aliphatic carbocycles. The normalized spacial score (nSPS) is 20.4. The number of nitrogens with one attached hydrogen (secondary N) is 2. The Labute approximate surface area is 180 Å². The van der Waals surface area contributed by atoms with E-state index in [4.69, 9.17) is 9.47 Å². The van der Waals surface area contributed by atoms with E-state index in [2.05, 4.69) is 10.6 Å². The van der Waals surface area contributed by atoms with E-state index in [1.165, 1.54) is 0 Å². The molecule has 8 heteroatoms. The van der Waals surface area contributed by atoms with Crippen LogP contribution in [0.25, 0.3) is 0 Å². The molecule has 1 unspecified atom stereocenters. The summed E-state index contributed by atoms with van der Waals surface area (Å²) >= 11 is 0. The molecule has 8 nitrogen and oxygen atoms in total. The van der Waals surface area contributed by atoms with Crippen molar-refractivity contribution < 1.29 is 23.9 Å². The molecule has 2 heterocycles. The van der Waals surface area contributed by atoms with Gasteiger partial charge < -0.3 is 25.0 Å². The summed E-state index contributed by atoms with van der Waals surface area (Å²) in [5, 5.41) is 5.44. The molecule has 31 heavy (non-hydrogen) atoms. The molecule has 2 aromatic carbocycles. The Hall–Kier alpha value is -3.55. The number of hydrogen-bond acceptors (Lipinski definition) is 5. The lowest BCUT2D eigenvalue weighted by Gasteiger charge is -2.28. The number of methoxy groups -OCH3 is 2. The summed E-state index contributed by atoms with van der Waals surface area (Å²) < 4.78 is 10.8. The number of fused-ring (bicyclic) bond motifs is 1. The Bertz CT molecular complexity index is 1020. The quantitative estimate of drug-likeness (QED) is 0.770. The van der Waals surface area contributed by atoms with Gasteiger partial charge in [-0.05, 0) is 37.1 Å². The summed E-state index contributed by atoms with van der Waals surface area (Å²) in [5.74, 6) is 0.367. The molecule has 1 fully saturated rings. The second-order valence-corrected chi connectivity index (χ2v) is 7.62. The highest BCUT2D eigenvalue weighted by Gasteiger charge is 2.36. The van der Waals surface area contributed by atoms with Crippen LogP contribution in [-0.2, 0) is 9.59 Å². The van der Waals surface area contributed by atoms with Gasteiger partial charge in [0.1, 0.15) is 17.5 Å². The second-order valence-electron chi connectivity index (χ2n) is 7.62. The number of para-hydroxylation sites is 1. The molecule has 0 spiro atoms. The smallest absolute Gasteiger partial charge is 0.254 e. The average Bonchev–Trinajstić information content (AvgIpc) is 3.24. The van der Waals surface area contributed by atoms with Gasteiger partial charge in [-0.1, -0.05) is 12.1 Å². The lowest BCUT2D eigenvalue weighted by atomic mass is 10.0. The summed E-state index contributed by atoms with van der Waals surface area (Å²) in [5.41, 5.74) is 1.73. The molecule has 0 radical (unpaired) electrons. The van der Waals surface area contributed by atoms with E-state index in [9.17, 15) is 14.4 Å². The van der Waals surface area contributed by atoms with Gasteiger partial charge in [0, 0.05) is 18.2 Å². The molecule has 4 rings (SSSR count). The molecule has 0 saturated carbocycles. The summed E-state index contributed by atoms with van der Waals surface area (Å²) in [6.07, 6.45) is 1.53.